The van der Waals surface area contributed by atoms with E-state index in [-0.39, 0.29) is 11.6 Å². The number of ether oxygens (including phenoxy) is 1. The molecule has 3 rings (SSSR count). The number of anilines is 1. The number of allylic oxidation sites excluding steroid dienone is 1. The van der Waals surface area contributed by atoms with Crippen LogP contribution in [-0.2, 0) is 0 Å². The summed E-state index contributed by atoms with van der Waals surface area (Å²) < 4.78 is 19.7. The molecule has 1 aliphatic rings. The largest absolute Gasteiger partial charge is 0.497 e. The van der Waals surface area contributed by atoms with E-state index < -0.39 is 0 Å². The van der Waals surface area contributed by atoms with Crippen molar-refractivity contribution in [1.29, 1.82) is 0 Å². The highest BCUT2D eigenvalue weighted by Crippen LogP contribution is 2.22. The number of carbonyl (C=O) groups excluding carboxylic acids is 1. The minimum atomic E-state index is -0.344. The van der Waals surface area contributed by atoms with E-state index in [9.17, 15) is 9.18 Å². The Morgan fingerprint density at radius 3 is 2.41 bits per heavy atom. The molecule has 0 radical (unpaired) electrons. The van der Waals surface area contributed by atoms with E-state index in [1.165, 1.54) is 12.1 Å². The molecule has 4 nitrogen and oxygen atoms in total. The minimum absolute atomic E-state index is 0.216. The van der Waals surface area contributed by atoms with E-state index in [1.807, 2.05) is 29.2 Å². The van der Waals surface area contributed by atoms with Gasteiger partial charge >= 0.3 is 0 Å². The number of rotatable bonds is 6. The number of benzene rings is 2. The van der Waals surface area contributed by atoms with Gasteiger partial charge in [-0.1, -0.05) is 25.1 Å². The molecule has 142 valence electrons. The highest BCUT2D eigenvalue weighted by atomic mass is 19.1. The van der Waals surface area contributed by atoms with Crippen LogP contribution in [0.5, 0.6) is 5.75 Å². The fourth-order valence-corrected chi connectivity index (χ4v) is 3.20. The Kier molecular flexibility index (Phi) is 6.24. The van der Waals surface area contributed by atoms with Gasteiger partial charge < -0.3 is 14.5 Å². The summed E-state index contributed by atoms with van der Waals surface area (Å²) in [6.07, 6.45) is 3.19. The molecule has 0 aliphatic carbocycles. The third-order valence-electron chi connectivity index (χ3n) is 4.94. The topological polar surface area (TPSA) is 32.8 Å². The molecule has 27 heavy (non-hydrogen) atoms. The van der Waals surface area contributed by atoms with Gasteiger partial charge in [-0.2, -0.15) is 0 Å². The summed E-state index contributed by atoms with van der Waals surface area (Å²) in [7, 11) is 1.61. The van der Waals surface area contributed by atoms with Crippen LogP contribution in [0.3, 0.4) is 0 Å². The van der Waals surface area contributed by atoms with E-state index in [0.717, 1.165) is 44.0 Å². The SMILES string of the molecule is CCN1CCN(c2ccc(C(=O)/C=C/c3ccc(OC)cc3)cc2F)CC1. The Balaban J connectivity index is 1.67. The molecule has 0 amide bonds. The molecule has 1 fully saturated rings. The predicted octanol–water partition coefficient (Wildman–Crippen LogP) is 3.87. The fourth-order valence-electron chi connectivity index (χ4n) is 3.20. The van der Waals surface area contributed by atoms with Crippen LogP contribution >= 0.6 is 0 Å². The molecular weight excluding hydrogens is 343 g/mol. The van der Waals surface area contributed by atoms with E-state index in [0.29, 0.717) is 11.3 Å². The Morgan fingerprint density at radius 2 is 1.81 bits per heavy atom. The lowest BCUT2D eigenvalue weighted by molar-refractivity contribution is 0.104. The minimum Gasteiger partial charge on any atom is -0.497 e. The van der Waals surface area contributed by atoms with Gasteiger partial charge in [0.1, 0.15) is 11.6 Å². The summed E-state index contributed by atoms with van der Waals surface area (Å²) in [4.78, 5) is 16.8. The molecule has 1 aliphatic heterocycles. The Bertz CT molecular complexity index is 810. The van der Waals surface area contributed by atoms with Crippen molar-refractivity contribution >= 4 is 17.5 Å². The van der Waals surface area contributed by atoms with Gasteiger partial charge in [0.15, 0.2) is 5.78 Å². The summed E-state index contributed by atoms with van der Waals surface area (Å²) >= 11 is 0. The van der Waals surface area contributed by atoms with E-state index in [2.05, 4.69) is 11.8 Å². The molecule has 0 bridgehead atoms. The smallest absolute Gasteiger partial charge is 0.185 e. The number of hydrogen-bond acceptors (Lipinski definition) is 4. The highest BCUT2D eigenvalue weighted by Gasteiger charge is 2.19. The quantitative estimate of drug-likeness (QED) is 0.572. The lowest BCUT2D eigenvalue weighted by atomic mass is 10.1. The van der Waals surface area contributed by atoms with Crippen LogP contribution in [0.15, 0.2) is 48.5 Å². The summed E-state index contributed by atoms with van der Waals surface area (Å²) in [5, 5.41) is 0. The lowest BCUT2D eigenvalue weighted by Crippen LogP contribution is -2.46. The molecular formula is C22H25FN2O2. The molecule has 0 N–H and O–H groups in total. The second kappa shape index (κ2) is 8.82. The molecule has 1 saturated heterocycles. The molecule has 5 heteroatoms. The summed E-state index contributed by atoms with van der Waals surface area (Å²) in [5.41, 5.74) is 1.81. The molecule has 0 aromatic heterocycles. The van der Waals surface area contributed by atoms with Gasteiger partial charge in [-0.3, -0.25) is 4.79 Å². The zero-order valence-electron chi connectivity index (χ0n) is 15.8. The number of methoxy groups -OCH3 is 1. The average molecular weight is 368 g/mol. The third-order valence-corrected chi connectivity index (χ3v) is 4.94. The number of hydrogen-bond donors (Lipinski definition) is 0. The fraction of sp³-hybridized carbons (Fsp3) is 0.318. The first-order valence-electron chi connectivity index (χ1n) is 9.24. The Hall–Kier alpha value is -2.66. The summed E-state index contributed by atoms with van der Waals surface area (Å²) in [6, 6.07) is 12.1. The van der Waals surface area contributed by atoms with Crippen molar-refractivity contribution in [2.45, 2.75) is 6.92 Å². The van der Waals surface area contributed by atoms with Crippen LogP contribution in [-0.4, -0.2) is 50.5 Å². The van der Waals surface area contributed by atoms with Crippen molar-refractivity contribution in [1.82, 2.24) is 4.90 Å². The monoisotopic (exact) mass is 368 g/mol. The van der Waals surface area contributed by atoms with E-state index in [4.69, 9.17) is 4.74 Å². The standard InChI is InChI=1S/C22H25FN2O2/c1-3-24-12-14-25(15-13-24)21-10-7-18(16-20(21)23)22(26)11-6-17-4-8-19(27-2)9-5-17/h4-11,16H,3,12-15H2,1-2H3/b11-6+. The van der Waals surface area contributed by atoms with Crippen molar-refractivity contribution in [3.05, 3.63) is 65.5 Å². The van der Waals surface area contributed by atoms with Gasteiger partial charge in [0.25, 0.3) is 0 Å². The second-order valence-corrected chi connectivity index (χ2v) is 6.56. The zero-order chi connectivity index (χ0) is 19.2. The number of piperazine rings is 1. The maximum Gasteiger partial charge on any atom is 0.185 e. The van der Waals surface area contributed by atoms with E-state index in [1.54, 1.807) is 25.3 Å². The Labute approximate surface area is 159 Å². The third kappa shape index (κ3) is 4.74. The lowest BCUT2D eigenvalue weighted by Gasteiger charge is -2.35. The van der Waals surface area contributed by atoms with Gasteiger partial charge in [-0.25, -0.2) is 4.39 Å². The van der Waals surface area contributed by atoms with Crippen molar-refractivity contribution < 1.29 is 13.9 Å². The average Bonchev–Trinajstić information content (AvgIpc) is 2.72. The molecule has 0 saturated carbocycles. The van der Waals surface area contributed by atoms with Gasteiger partial charge in [0.05, 0.1) is 12.8 Å². The summed E-state index contributed by atoms with van der Waals surface area (Å²) in [5.74, 6) is 0.201. The van der Waals surface area contributed by atoms with Crippen LogP contribution in [0.1, 0.15) is 22.8 Å². The van der Waals surface area contributed by atoms with Gasteiger partial charge in [0, 0.05) is 31.7 Å². The van der Waals surface area contributed by atoms with Crippen molar-refractivity contribution in [3.63, 3.8) is 0 Å². The summed E-state index contributed by atoms with van der Waals surface area (Å²) in [6.45, 7) is 6.62. The van der Waals surface area contributed by atoms with Gasteiger partial charge in [-0.15, -0.1) is 0 Å². The van der Waals surface area contributed by atoms with Gasteiger partial charge in [0.2, 0.25) is 0 Å². The number of likely N-dealkylation sites (N-methyl/N-ethyl adjacent to an activating group) is 1. The molecule has 0 atom stereocenters. The van der Waals surface area contributed by atoms with Gasteiger partial charge in [-0.05, 0) is 48.5 Å². The number of ketones is 1. The molecule has 1 heterocycles. The molecule has 0 spiro atoms. The van der Waals surface area contributed by atoms with Crippen LogP contribution in [0, 0.1) is 5.82 Å². The number of halogens is 1. The maximum atomic E-state index is 14.6. The van der Waals surface area contributed by atoms with Crippen molar-refractivity contribution in [2.75, 3.05) is 44.7 Å². The number of carbonyl (C=O) groups is 1. The Morgan fingerprint density at radius 1 is 1.11 bits per heavy atom. The highest BCUT2D eigenvalue weighted by molar-refractivity contribution is 6.07. The molecule has 2 aromatic carbocycles. The van der Waals surface area contributed by atoms with Crippen LogP contribution in [0.2, 0.25) is 0 Å². The van der Waals surface area contributed by atoms with Crippen molar-refractivity contribution in [2.24, 2.45) is 0 Å². The first-order chi connectivity index (χ1) is 13.1. The first kappa shape index (κ1) is 19.1. The van der Waals surface area contributed by atoms with Crippen LogP contribution < -0.4 is 9.64 Å². The molecule has 2 aromatic rings. The maximum absolute atomic E-state index is 14.6. The first-order valence-corrected chi connectivity index (χ1v) is 9.24. The number of nitrogens with zero attached hydrogens (tertiary/aromatic N) is 2. The van der Waals surface area contributed by atoms with Crippen LogP contribution in [0.25, 0.3) is 6.08 Å². The second-order valence-electron chi connectivity index (χ2n) is 6.56. The normalized spacial score (nSPS) is 15.3. The van der Waals surface area contributed by atoms with Crippen molar-refractivity contribution in [3.8, 4) is 5.75 Å². The molecule has 0 unspecified atom stereocenters. The van der Waals surface area contributed by atoms with E-state index >= 15 is 0 Å². The zero-order valence-corrected chi connectivity index (χ0v) is 15.8. The predicted molar refractivity (Wildman–Crippen MR) is 107 cm³/mol. The van der Waals surface area contributed by atoms with Crippen LogP contribution in [0.4, 0.5) is 10.1 Å².